The van der Waals surface area contributed by atoms with Crippen molar-refractivity contribution in [2.24, 2.45) is 5.92 Å². The van der Waals surface area contributed by atoms with Crippen LogP contribution in [-0.2, 0) is 6.42 Å². The van der Waals surface area contributed by atoms with Crippen LogP contribution in [0.1, 0.15) is 50.9 Å². The number of nitrogens with zero attached hydrogens (tertiary/aromatic N) is 2. The molecule has 2 unspecified atom stereocenters. The lowest BCUT2D eigenvalue weighted by molar-refractivity contribution is 0.333. The van der Waals surface area contributed by atoms with E-state index in [1.165, 1.54) is 47.0 Å². The second kappa shape index (κ2) is 6.86. The summed E-state index contributed by atoms with van der Waals surface area (Å²) < 4.78 is 3.75. The average molecular weight is 417 g/mol. The van der Waals surface area contributed by atoms with Gasteiger partial charge in [0, 0.05) is 21.9 Å². The lowest BCUT2D eigenvalue weighted by Crippen LogP contribution is -2.18. The van der Waals surface area contributed by atoms with Crippen molar-refractivity contribution in [3.05, 3.63) is 27.6 Å². The van der Waals surface area contributed by atoms with Gasteiger partial charge in [-0.05, 0) is 59.5 Å². The first-order valence-electron chi connectivity index (χ1n) is 7.93. The zero-order valence-electron chi connectivity index (χ0n) is 12.5. The van der Waals surface area contributed by atoms with Crippen molar-refractivity contribution >= 4 is 45.2 Å². The SMILES string of the molecule is CC1CCCCCC1n1c(CCCl)nc2cc(I)ccc21. The number of halogens is 2. The molecule has 1 aromatic carbocycles. The van der Waals surface area contributed by atoms with Gasteiger partial charge in [0.15, 0.2) is 0 Å². The van der Waals surface area contributed by atoms with Crippen molar-refractivity contribution in [2.75, 3.05) is 5.88 Å². The summed E-state index contributed by atoms with van der Waals surface area (Å²) in [6.07, 6.45) is 7.53. The second-order valence-corrected chi connectivity index (χ2v) is 7.78. The van der Waals surface area contributed by atoms with Crippen LogP contribution in [0.3, 0.4) is 0 Å². The number of rotatable bonds is 3. The molecule has 0 bridgehead atoms. The quantitative estimate of drug-likeness (QED) is 0.364. The number of hydrogen-bond donors (Lipinski definition) is 0. The van der Waals surface area contributed by atoms with Gasteiger partial charge in [0.05, 0.1) is 11.0 Å². The van der Waals surface area contributed by atoms with Crippen LogP contribution in [0.2, 0.25) is 0 Å². The molecule has 0 radical (unpaired) electrons. The van der Waals surface area contributed by atoms with Gasteiger partial charge in [-0.15, -0.1) is 11.6 Å². The van der Waals surface area contributed by atoms with E-state index >= 15 is 0 Å². The van der Waals surface area contributed by atoms with Crippen molar-refractivity contribution in [1.29, 1.82) is 0 Å². The fourth-order valence-electron chi connectivity index (χ4n) is 3.61. The van der Waals surface area contributed by atoms with Crippen LogP contribution in [0.25, 0.3) is 11.0 Å². The van der Waals surface area contributed by atoms with E-state index < -0.39 is 0 Å². The predicted octanol–water partition coefficient (Wildman–Crippen LogP) is 5.56. The third-order valence-corrected chi connectivity index (χ3v) is 5.55. The van der Waals surface area contributed by atoms with Crippen LogP contribution in [-0.4, -0.2) is 15.4 Å². The first-order chi connectivity index (χ1) is 10.2. The maximum atomic E-state index is 6.02. The lowest BCUT2D eigenvalue weighted by atomic mass is 9.96. The number of imidazole rings is 1. The van der Waals surface area contributed by atoms with Crippen molar-refractivity contribution in [2.45, 2.75) is 51.5 Å². The topological polar surface area (TPSA) is 17.8 Å². The molecule has 1 saturated carbocycles. The van der Waals surface area contributed by atoms with Crippen molar-refractivity contribution in [1.82, 2.24) is 9.55 Å². The zero-order chi connectivity index (χ0) is 14.8. The molecule has 0 N–H and O–H groups in total. The molecular formula is C17H22ClIN2. The molecule has 0 saturated heterocycles. The predicted molar refractivity (Wildman–Crippen MR) is 98.2 cm³/mol. The molecular weight excluding hydrogens is 395 g/mol. The van der Waals surface area contributed by atoms with E-state index in [9.17, 15) is 0 Å². The standard InChI is InChI=1S/C17H22ClIN2/c1-12-5-3-2-4-6-15(12)21-16-8-7-13(19)11-14(16)20-17(21)9-10-18/h7-8,11-12,15H,2-6,9-10H2,1H3. The van der Waals surface area contributed by atoms with Crippen LogP contribution in [0.4, 0.5) is 0 Å². The molecule has 1 fully saturated rings. The molecule has 0 spiro atoms. The maximum Gasteiger partial charge on any atom is 0.111 e. The highest BCUT2D eigenvalue weighted by molar-refractivity contribution is 14.1. The minimum Gasteiger partial charge on any atom is -0.325 e. The molecule has 2 nitrogen and oxygen atoms in total. The normalized spacial score (nSPS) is 23.4. The van der Waals surface area contributed by atoms with Crippen LogP contribution < -0.4 is 0 Å². The smallest absolute Gasteiger partial charge is 0.111 e. The molecule has 1 heterocycles. The number of alkyl halides is 1. The molecule has 4 heteroatoms. The van der Waals surface area contributed by atoms with Crippen LogP contribution >= 0.6 is 34.2 Å². The Morgan fingerprint density at radius 3 is 2.90 bits per heavy atom. The Hall–Kier alpha value is -0.290. The monoisotopic (exact) mass is 416 g/mol. The molecule has 21 heavy (non-hydrogen) atoms. The minimum absolute atomic E-state index is 0.579. The van der Waals surface area contributed by atoms with Crippen molar-refractivity contribution < 1.29 is 0 Å². The largest absolute Gasteiger partial charge is 0.325 e. The van der Waals surface area contributed by atoms with E-state index in [0.29, 0.717) is 11.9 Å². The maximum absolute atomic E-state index is 6.02. The summed E-state index contributed by atoms with van der Waals surface area (Å²) in [5.74, 6) is 2.53. The Kier molecular flexibility index (Phi) is 5.10. The highest BCUT2D eigenvalue weighted by atomic mass is 127. The lowest BCUT2D eigenvalue weighted by Gasteiger charge is -2.26. The van der Waals surface area contributed by atoms with Crippen molar-refractivity contribution in [3.8, 4) is 0 Å². The summed E-state index contributed by atoms with van der Waals surface area (Å²) in [7, 11) is 0. The molecule has 114 valence electrons. The highest BCUT2D eigenvalue weighted by Gasteiger charge is 2.25. The minimum atomic E-state index is 0.579. The van der Waals surface area contributed by atoms with Gasteiger partial charge in [-0.3, -0.25) is 0 Å². The van der Waals surface area contributed by atoms with Crippen LogP contribution in [0.15, 0.2) is 18.2 Å². The molecule has 1 aromatic heterocycles. The first kappa shape index (κ1) is 15.6. The fourth-order valence-corrected chi connectivity index (χ4v) is 4.25. The number of benzene rings is 1. The Labute approximate surface area is 145 Å². The molecule has 1 aliphatic carbocycles. The van der Waals surface area contributed by atoms with Crippen LogP contribution in [0, 0.1) is 9.49 Å². The van der Waals surface area contributed by atoms with Gasteiger partial charge in [0.2, 0.25) is 0 Å². The van der Waals surface area contributed by atoms with E-state index in [4.69, 9.17) is 16.6 Å². The number of aromatic nitrogens is 2. The summed E-state index contributed by atoms with van der Waals surface area (Å²) in [4.78, 5) is 4.88. The van der Waals surface area contributed by atoms with Gasteiger partial charge in [0.25, 0.3) is 0 Å². The van der Waals surface area contributed by atoms with E-state index in [-0.39, 0.29) is 0 Å². The van der Waals surface area contributed by atoms with Gasteiger partial charge in [0.1, 0.15) is 5.82 Å². The summed E-state index contributed by atoms with van der Waals surface area (Å²) in [5, 5.41) is 0. The molecule has 3 rings (SSSR count). The van der Waals surface area contributed by atoms with Gasteiger partial charge in [-0.25, -0.2) is 4.98 Å². The Morgan fingerprint density at radius 1 is 1.29 bits per heavy atom. The Bertz CT molecular complexity index is 623. The van der Waals surface area contributed by atoms with E-state index in [0.717, 1.165) is 17.9 Å². The Balaban J connectivity index is 2.11. The average Bonchev–Trinajstić information content (AvgIpc) is 2.65. The fraction of sp³-hybridized carbons (Fsp3) is 0.588. The Morgan fingerprint density at radius 2 is 2.10 bits per heavy atom. The van der Waals surface area contributed by atoms with E-state index in [1.807, 2.05) is 0 Å². The zero-order valence-corrected chi connectivity index (χ0v) is 15.4. The van der Waals surface area contributed by atoms with E-state index in [2.05, 4.69) is 52.3 Å². The highest BCUT2D eigenvalue weighted by Crippen LogP contribution is 2.36. The third kappa shape index (κ3) is 3.24. The van der Waals surface area contributed by atoms with Crippen LogP contribution in [0.5, 0.6) is 0 Å². The summed E-state index contributed by atoms with van der Waals surface area (Å²) in [5.41, 5.74) is 2.41. The summed E-state index contributed by atoms with van der Waals surface area (Å²) >= 11 is 8.38. The number of aryl methyl sites for hydroxylation is 1. The van der Waals surface area contributed by atoms with Gasteiger partial charge >= 0.3 is 0 Å². The summed E-state index contributed by atoms with van der Waals surface area (Å²) in [6, 6.07) is 7.19. The second-order valence-electron chi connectivity index (χ2n) is 6.15. The molecule has 0 aliphatic heterocycles. The molecule has 2 atom stereocenters. The number of fused-ring (bicyclic) bond motifs is 1. The molecule has 1 aliphatic rings. The first-order valence-corrected chi connectivity index (χ1v) is 9.54. The molecule has 2 aromatic rings. The van der Waals surface area contributed by atoms with Gasteiger partial charge in [-0.1, -0.05) is 26.2 Å². The van der Waals surface area contributed by atoms with Gasteiger partial charge in [-0.2, -0.15) is 0 Å². The van der Waals surface area contributed by atoms with Gasteiger partial charge < -0.3 is 4.57 Å². The molecule has 0 amide bonds. The van der Waals surface area contributed by atoms with Crippen molar-refractivity contribution in [3.63, 3.8) is 0 Å². The third-order valence-electron chi connectivity index (χ3n) is 4.69. The summed E-state index contributed by atoms with van der Waals surface area (Å²) in [6.45, 7) is 2.40. The van der Waals surface area contributed by atoms with E-state index in [1.54, 1.807) is 0 Å². The number of hydrogen-bond acceptors (Lipinski definition) is 1.